The molecule has 14 heavy (non-hydrogen) atoms. The summed E-state index contributed by atoms with van der Waals surface area (Å²) in [6, 6.07) is 0. The molecule has 0 heterocycles. The third kappa shape index (κ3) is 4.09. The molecule has 0 saturated heterocycles. The Hall–Kier alpha value is -0.570. The normalized spacial score (nSPS) is 27.9. The molecule has 3 heteroatoms. The minimum Gasteiger partial charge on any atom is -0.481 e. The molecule has 0 amide bonds. The number of carboxylic acids is 1. The third-order valence-corrected chi connectivity index (χ3v) is 2.72. The predicted octanol–water partition coefficient (Wildman–Crippen LogP) is 2.44. The minimum atomic E-state index is -0.668. The van der Waals surface area contributed by atoms with Crippen LogP contribution >= 0.6 is 0 Å². The second-order valence-corrected chi connectivity index (χ2v) is 4.43. The Morgan fingerprint density at radius 3 is 2.36 bits per heavy atom. The van der Waals surface area contributed by atoms with Crippen molar-refractivity contribution in [2.75, 3.05) is 0 Å². The third-order valence-electron chi connectivity index (χ3n) is 2.72. The standard InChI is InChI=1S/C11H20O3/c1-8(2)14-10-5-3-9(4-6-10)7-11(12)13/h8-10H,3-7H2,1-2H3,(H,12,13). The van der Waals surface area contributed by atoms with E-state index >= 15 is 0 Å². The maximum absolute atomic E-state index is 10.5. The molecule has 1 aliphatic carbocycles. The maximum atomic E-state index is 10.5. The van der Waals surface area contributed by atoms with Crippen molar-refractivity contribution in [1.29, 1.82) is 0 Å². The average Bonchev–Trinajstić information content (AvgIpc) is 2.06. The number of hydrogen-bond acceptors (Lipinski definition) is 2. The van der Waals surface area contributed by atoms with Crippen LogP contribution in [-0.2, 0) is 9.53 Å². The van der Waals surface area contributed by atoms with Gasteiger partial charge < -0.3 is 9.84 Å². The van der Waals surface area contributed by atoms with Crippen LogP contribution in [0.1, 0.15) is 46.0 Å². The number of ether oxygens (including phenoxy) is 1. The number of hydrogen-bond donors (Lipinski definition) is 1. The van der Waals surface area contributed by atoms with E-state index in [-0.39, 0.29) is 6.10 Å². The monoisotopic (exact) mass is 200 g/mol. The average molecular weight is 200 g/mol. The van der Waals surface area contributed by atoms with Crippen molar-refractivity contribution in [3.05, 3.63) is 0 Å². The van der Waals surface area contributed by atoms with Gasteiger partial charge in [-0.2, -0.15) is 0 Å². The summed E-state index contributed by atoms with van der Waals surface area (Å²) >= 11 is 0. The molecular weight excluding hydrogens is 180 g/mol. The predicted molar refractivity (Wildman–Crippen MR) is 54.2 cm³/mol. The summed E-state index contributed by atoms with van der Waals surface area (Å²) in [5, 5.41) is 8.65. The first-order valence-electron chi connectivity index (χ1n) is 5.45. The van der Waals surface area contributed by atoms with Crippen LogP contribution in [-0.4, -0.2) is 23.3 Å². The van der Waals surface area contributed by atoms with Crippen LogP contribution < -0.4 is 0 Å². The van der Waals surface area contributed by atoms with Gasteiger partial charge in [-0.15, -0.1) is 0 Å². The van der Waals surface area contributed by atoms with Crippen LogP contribution in [0.4, 0.5) is 0 Å². The van der Waals surface area contributed by atoms with Crippen molar-refractivity contribution in [1.82, 2.24) is 0 Å². The van der Waals surface area contributed by atoms with Crippen LogP contribution in [0.25, 0.3) is 0 Å². The second-order valence-electron chi connectivity index (χ2n) is 4.43. The van der Waals surface area contributed by atoms with E-state index in [4.69, 9.17) is 9.84 Å². The first-order chi connectivity index (χ1) is 6.58. The van der Waals surface area contributed by atoms with E-state index in [9.17, 15) is 4.79 Å². The summed E-state index contributed by atoms with van der Waals surface area (Å²) in [6.07, 6.45) is 5.03. The fourth-order valence-electron chi connectivity index (χ4n) is 2.10. The van der Waals surface area contributed by atoms with Gasteiger partial charge in [0.15, 0.2) is 0 Å². The molecule has 3 nitrogen and oxygen atoms in total. The van der Waals surface area contributed by atoms with Crippen LogP contribution in [0.15, 0.2) is 0 Å². The smallest absolute Gasteiger partial charge is 0.303 e. The lowest BCUT2D eigenvalue weighted by Crippen LogP contribution is -2.25. The van der Waals surface area contributed by atoms with E-state index < -0.39 is 5.97 Å². The van der Waals surface area contributed by atoms with Crippen LogP contribution in [0, 0.1) is 5.92 Å². The highest BCUT2D eigenvalue weighted by molar-refractivity contribution is 5.67. The van der Waals surface area contributed by atoms with Gasteiger partial charge in [-0.05, 0) is 45.4 Å². The molecule has 1 fully saturated rings. The number of carbonyl (C=O) groups is 1. The van der Waals surface area contributed by atoms with Crippen molar-refractivity contribution in [3.63, 3.8) is 0 Å². The highest BCUT2D eigenvalue weighted by atomic mass is 16.5. The summed E-state index contributed by atoms with van der Waals surface area (Å²) < 4.78 is 5.70. The van der Waals surface area contributed by atoms with E-state index in [1.165, 1.54) is 0 Å². The molecule has 0 spiro atoms. The number of rotatable bonds is 4. The van der Waals surface area contributed by atoms with Gasteiger partial charge in [0.2, 0.25) is 0 Å². The number of carboxylic acid groups (broad SMARTS) is 1. The van der Waals surface area contributed by atoms with Gasteiger partial charge in [0.25, 0.3) is 0 Å². The lowest BCUT2D eigenvalue weighted by Gasteiger charge is -2.28. The molecule has 0 aromatic rings. The Balaban J connectivity index is 2.21. The molecule has 82 valence electrons. The molecule has 0 aromatic heterocycles. The quantitative estimate of drug-likeness (QED) is 0.758. The molecule has 1 rings (SSSR count). The molecular formula is C11H20O3. The lowest BCUT2D eigenvalue weighted by molar-refractivity contribution is -0.138. The van der Waals surface area contributed by atoms with Gasteiger partial charge in [0.05, 0.1) is 12.2 Å². The molecule has 1 saturated carbocycles. The Morgan fingerprint density at radius 2 is 1.93 bits per heavy atom. The van der Waals surface area contributed by atoms with Crippen molar-refractivity contribution < 1.29 is 14.6 Å². The summed E-state index contributed by atoms with van der Waals surface area (Å²) in [6.45, 7) is 4.09. The zero-order chi connectivity index (χ0) is 10.6. The minimum absolute atomic E-state index is 0.288. The molecule has 0 aromatic carbocycles. The van der Waals surface area contributed by atoms with E-state index in [0.717, 1.165) is 25.7 Å². The molecule has 0 atom stereocenters. The van der Waals surface area contributed by atoms with E-state index in [1.54, 1.807) is 0 Å². The van der Waals surface area contributed by atoms with Gasteiger partial charge in [0, 0.05) is 6.42 Å². The summed E-state index contributed by atoms with van der Waals surface area (Å²) in [5.74, 6) is -0.294. The van der Waals surface area contributed by atoms with Crippen LogP contribution in [0.5, 0.6) is 0 Å². The van der Waals surface area contributed by atoms with Crippen molar-refractivity contribution >= 4 is 5.97 Å². The van der Waals surface area contributed by atoms with Crippen LogP contribution in [0.2, 0.25) is 0 Å². The summed E-state index contributed by atoms with van der Waals surface area (Å²) in [7, 11) is 0. The zero-order valence-corrected chi connectivity index (χ0v) is 9.03. The van der Waals surface area contributed by atoms with Gasteiger partial charge in [-0.1, -0.05) is 0 Å². The summed E-state index contributed by atoms with van der Waals surface area (Å²) in [4.78, 5) is 10.5. The topological polar surface area (TPSA) is 46.5 Å². The second kappa shape index (κ2) is 5.35. The van der Waals surface area contributed by atoms with Crippen molar-refractivity contribution in [2.45, 2.75) is 58.2 Å². The van der Waals surface area contributed by atoms with Gasteiger partial charge in [0.1, 0.15) is 0 Å². The Kier molecular flexibility index (Phi) is 4.39. The Morgan fingerprint density at radius 1 is 1.36 bits per heavy atom. The molecule has 0 bridgehead atoms. The highest BCUT2D eigenvalue weighted by Gasteiger charge is 2.23. The van der Waals surface area contributed by atoms with Gasteiger partial charge in [-0.25, -0.2) is 0 Å². The van der Waals surface area contributed by atoms with E-state index in [1.807, 2.05) is 13.8 Å². The first-order valence-corrected chi connectivity index (χ1v) is 5.45. The first kappa shape index (κ1) is 11.5. The van der Waals surface area contributed by atoms with Crippen molar-refractivity contribution in [2.24, 2.45) is 5.92 Å². The molecule has 1 aliphatic rings. The van der Waals surface area contributed by atoms with Gasteiger partial charge in [-0.3, -0.25) is 4.79 Å². The fraction of sp³-hybridized carbons (Fsp3) is 0.909. The Labute approximate surface area is 85.5 Å². The largest absolute Gasteiger partial charge is 0.481 e. The summed E-state index contributed by atoms with van der Waals surface area (Å²) in [5.41, 5.74) is 0. The maximum Gasteiger partial charge on any atom is 0.303 e. The Bertz CT molecular complexity index is 181. The number of aliphatic carboxylic acids is 1. The fourth-order valence-corrected chi connectivity index (χ4v) is 2.10. The highest BCUT2D eigenvalue weighted by Crippen LogP contribution is 2.28. The zero-order valence-electron chi connectivity index (χ0n) is 9.03. The molecule has 0 radical (unpaired) electrons. The molecule has 0 aliphatic heterocycles. The molecule has 0 unspecified atom stereocenters. The molecule has 1 N–H and O–H groups in total. The van der Waals surface area contributed by atoms with E-state index in [0.29, 0.717) is 18.4 Å². The van der Waals surface area contributed by atoms with Gasteiger partial charge >= 0.3 is 5.97 Å². The lowest BCUT2D eigenvalue weighted by atomic mass is 9.85. The van der Waals surface area contributed by atoms with E-state index in [2.05, 4.69) is 0 Å². The van der Waals surface area contributed by atoms with Crippen LogP contribution in [0.3, 0.4) is 0 Å². The SMILES string of the molecule is CC(C)OC1CCC(CC(=O)O)CC1. The van der Waals surface area contributed by atoms with Crippen molar-refractivity contribution in [3.8, 4) is 0 Å².